The topological polar surface area (TPSA) is 48.3 Å². The molecule has 1 fully saturated rings. The van der Waals surface area contributed by atoms with Crippen molar-refractivity contribution in [1.29, 1.82) is 0 Å². The summed E-state index contributed by atoms with van der Waals surface area (Å²) in [6.07, 6.45) is 2.99. The lowest BCUT2D eigenvalue weighted by Crippen LogP contribution is -2.21. The summed E-state index contributed by atoms with van der Waals surface area (Å²) in [5.74, 6) is -3.12. The molecule has 21 heavy (non-hydrogen) atoms. The van der Waals surface area contributed by atoms with Crippen LogP contribution < -0.4 is 5.43 Å². The number of nitrogens with zero attached hydrogens (tertiary/aromatic N) is 1. The fourth-order valence-electron chi connectivity index (χ4n) is 2.51. The Labute approximate surface area is 119 Å². The van der Waals surface area contributed by atoms with E-state index in [1.54, 1.807) is 4.57 Å². The summed E-state index contributed by atoms with van der Waals surface area (Å²) in [7, 11) is 4.81. The van der Waals surface area contributed by atoms with Crippen LogP contribution in [0.15, 0.2) is 17.1 Å². The smallest absolute Gasteiger partial charge is 0.378 e. The number of halogens is 2. The maximum Gasteiger partial charge on any atom is 0.378 e. The van der Waals surface area contributed by atoms with Crippen LogP contribution in [0.25, 0.3) is 10.9 Å². The fraction of sp³-hybridized carbons (Fsp3) is 0.286. The normalized spacial score (nSPS) is 14.4. The van der Waals surface area contributed by atoms with Gasteiger partial charge in [-0.15, -0.1) is 0 Å². The van der Waals surface area contributed by atoms with Gasteiger partial charge in [-0.25, -0.2) is 13.6 Å². The van der Waals surface area contributed by atoms with Crippen LogP contribution in [-0.2, 0) is 4.65 Å². The summed E-state index contributed by atoms with van der Waals surface area (Å²) in [5.41, 5.74) is -0.668. The molecule has 0 aliphatic heterocycles. The number of aromatic nitrogens is 1. The molecular formula is C14H10BF2NO3. The minimum absolute atomic E-state index is 0.0432. The Morgan fingerprint density at radius 2 is 2.10 bits per heavy atom. The summed E-state index contributed by atoms with van der Waals surface area (Å²) in [5, 5.41) is -0.0544. The second-order valence-corrected chi connectivity index (χ2v) is 5.11. The number of rotatable bonds is 2. The molecule has 3 rings (SSSR count). The predicted octanol–water partition coefficient (Wildman–Crippen LogP) is 2.16. The molecule has 0 atom stereocenters. The van der Waals surface area contributed by atoms with Crippen molar-refractivity contribution in [3.63, 3.8) is 0 Å². The van der Waals surface area contributed by atoms with Crippen LogP contribution in [0, 0.1) is 18.6 Å². The lowest BCUT2D eigenvalue weighted by Gasteiger charge is -2.15. The van der Waals surface area contributed by atoms with Crippen molar-refractivity contribution in [2.24, 2.45) is 0 Å². The van der Waals surface area contributed by atoms with Gasteiger partial charge in [0.05, 0.1) is 5.52 Å². The molecule has 4 nitrogen and oxygen atoms in total. The number of carbonyl (C=O) groups excluding carboxylic acids is 1. The minimum atomic E-state index is -1.13. The highest BCUT2D eigenvalue weighted by Gasteiger charge is 2.28. The van der Waals surface area contributed by atoms with Gasteiger partial charge in [-0.1, -0.05) is 0 Å². The molecule has 1 aliphatic carbocycles. The summed E-state index contributed by atoms with van der Waals surface area (Å²) in [6, 6.07) is 0.868. The van der Waals surface area contributed by atoms with Crippen molar-refractivity contribution < 1.29 is 18.2 Å². The van der Waals surface area contributed by atoms with E-state index in [-0.39, 0.29) is 22.6 Å². The number of fused-ring (bicyclic) bond motifs is 1. The van der Waals surface area contributed by atoms with E-state index in [1.165, 1.54) is 13.1 Å². The third-order valence-corrected chi connectivity index (χ3v) is 3.70. The first-order valence-electron chi connectivity index (χ1n) is 6.40. The van der Waals surface area contributed by atoms with E-state index in [2.05, 4.69) is 4.65 Å². The van der Waals surface area contributed by atoms with Crippen LogP contribution in [0.4, 0.5) is 8.78 Å². The average Bonchev–Trinajstić information content (AvgIpc) is 3.29. The molecule has 0 N–H and O–H groups in total. The van der Waals surface area contributed by atoms with E-state index in [0.717, 1.165) is 18.9 Å². The molecule has 0 spiro atoms. The van der Waals surface area contributed by atoms with Gasteiger partial charge in [0, 0.05) is 23.2 Å². The van der Waals surface area contributed by atoms with E-state index in [9.17, 15) is 18.4 Å². The van der Waals surface area contributed by atoms with Gasteiger partial charge in [0.1, 0.15) is 5.56 Å². The van der Waals surface area contributed by atoms with E-state index >= 15 is 0 Å². The van der Waals surface area contributed by atoms with Gasteiger partial charge in [0.25, 0.3) is 0 Å². The van der Waals surface area contributed by atoms with E-state index in [0.29, 0.717) is 5.52 Å². The summed E-state index contributed by atoms with van der Waals surface area (Å²) in [4.78, 5) is 23.9. The molecule has 0 unspecified atom stereocenters. The Hall–Kier alpha value is -2.18. The Morgan fingerprint density at radius 1 is 1.43 bits per heavy atom. The molecule has 1 heterocycles. The van der Waals surface area contributed by atoms with Crippen molar-refractivity contribution >= 4 is 24.9 Å². The second kappa shape index (κ2) is 4.68. The Bertz CT molecular complexity index is 827. The minimum Gasteiger partial charge on any atom is -0.540 e. The average molecular weight is 289 g/mol. The van der Waals surface area contributed by atoms with Crippen molar-refractivity contribution in [2.75, 3.05) is 0 Å². The van der Waals surface area contributed by atoms with Crippen molar-refractivity contribution in [2.45, 2.75) is 25.8 Å². The number of pyridine rings is 1. The number of carbonyl (C=O) groups is 1. The molecule has 0 saturated heterocycles. The van der Waals surface area contributed by atoms with E-state index in [1.807, 2.05) is 0 Å². The van der Waals surface area contributed by atoms with E-state index < -0.39 is 23.0 Å². The maximum absolute atomic E-state index is 13.8. The van der Waals surface area contributed by atoms with E-state index in [4.69, 9.17) is 8.05 Å². The van der Waals surface area contributed by atoms with Crippen molar-refractivity contribution in [3.05, 3.63) is 45.2 Å². The molecule has 1 aromatic carbocycles. The number of hydrogen-bond acceptors (Lipinski definition) is 3. The van der Waals surface area contributed by atoms with Gasteiger partial charge in [-0.3, -0.25) is 4.79 Å². The van der Waals surface area contributed by atoms with Crippen molar-refractivity contribution in [3.8, 4) is 0 Å². The van der Waals surface area contributed by atoms with Gasteiger partial charge in [0.2, 0.25) is 5.43 Å². The predicted molar refractivity (Wildman–Crippen MR) is 72.3 cm³/mol. The highest BCUT2D eigenvalue weighted by Crippen LogP contribution is 2.38. The van der Waals surface area contributed by atoms with Crippen LogP contribution in [0.2, 0.25) is 0 Å². The van der Waals surface area contributed by atoms with Gasteiger partial charge in [-0.2, -0.15) is 0 Å². The highest BCUT2D eigenvalue weighted by atomic mass is 19.2. The van der Waals surface area contributed by atoms with Gasteiger partial charge in [0.15, 0.2) is 11.6 Å². The van der Waals surface area contributed by atoms with Crippen molar-refractivity contribution in [1.82, 2.24) is 4.57 Å². The molecule has 1 aliphatic rings. The summed E-state index contributed by atoms with van der Waals surface area (Å²) < 4.78 is 33.1. The first kappa shape index (κ1) is 13.8. The maximum atomic E-state index is 13.8. The molecule has 7 heteroatoms. The lowest BCUT2D eigenvalue weighted by atomic mass is 10.1. The zero-order valence-electron chi connectivity index (χ0n) is 11.2. The monoisotopic (exact) mass is 289 g/mol. The van der Waals surface area contributed by atoms with Crippen LogP contribution in [0.5, 0.6) is 0 Å². The molecular weight excluding hydrogens is 279 g/mol. The highest BCUT2D eigenvalue weighted by molar-refractivity contribution is 6.10. The Morgan fingerprint density at radius 3 is 2.67 bits per heavy atom. The first-order valence-corrected chi connectivity index (χ1v) is 6.40. The SMILES string of the molecule is [B]OC(=O)c1cn(C2CC2)c2c(C)c(F)c(F)cc2c1=O. The van der Waals surface area contributed by atoms with Crippen LogP contribution in [0.3, 0.4) is 0 Å². The molecule has 2 radical (unpaired) electrons. The lowest BCUT2D eigenvalue weighted by molar-refractivity contribution is 0.0747. The summed E-state index contributed by atoms with van der Waals surface area (Å²) >= 11 is 0. The van der Waals surface area contributed by atoms with Crippen LogP contribution in [0.1, 0.15) is 34.8 Å². The summed E-state index contributed by atoms with van der Waals surface area (Å²) in [6.45, 7) is 1.40. The van der Waals surface area contributed by atoms with Gasteiger partial charge >= 0.3 is 14.0 Å². The Balaban J connectivity index is 2.47. The largest absolute Gasteiger partial charge is 0.540 e. The molecule has 1 saturated carbocycles. The van der Waals surface area contributed by atoms with Gasteiger partial charge in [-0.05, 0) is 25.8 Å². The molecule has 106 valence electrons. The standard InChI is InChI=1S/C14H10BF2NO3/c1-6-11(17)10(16)4-8-12(6)18(7-2-3-7)5-9(13(8)19)14(20)21-15/h4-5,7H,2-3H2,1H3. The molecule has 2 aromatic rings. The quantitative estimate of drug-likeness (QED) is 0.796. The number of benzene rings is 1. The fourth-order valence-corrected chi connectivity index (χ4v) is 2.51. The second-order valence-electron chi connectivity index (χ2n) is 5.11. The zero-order chi connectivity index (χ0) is 15.3. The number of hydrogen-bond donors (Lipinski definition) is 0. The zero-order valence-corrected chi connectivity index (χ0v) is 11.2. The third-order valence-electron chi connectivity index (χ3n) is 3.70. The molecule has 0 bridgehead atoms. The molecule has 0 amide bonds. The van der Waals surface area contributed by atoms with Crippen LogP contribution >= 0.6 is 0 Å². The van der Waals surface area contributed by atoms with Crippen LogP contribution in [-0.4, -0.2) is 18.6 Å². The van der Waals surface area contributed by atoms with Gasteiger partial charge < -0.3 is 9.22 Å². The third kappa shape index (κ3) is 2.04. The first-order chi connectivity index (χ1) is 9.95. The molecule has 1 aromatic heterocycles. The Kier molecular flexibility index (Phi) is 3.08. The number of aryl methyl sites for hydroxylation is 1.